The van der Waals surface area contributed by atoms with Gasteiger partial charge >= 0.3 is 0 Å². The first-order chi connectivity index (χ1) is 17.2. The SMILES string of the molecule is CCCCCC(CC)OCC(CO)O[C@@H]1O[C@H](CO)[C@@H](O[C@@H]2O[C@H](CO)[C@H](O)[C@H](O)[C@H]2O)[C@H](O)[C@H]1O. The molecule has 13 heteroatoms. The predicted octanol–water partition coefficient (Wildman–Crippen LogP) is -2.64. The predicted molar refractivity (Wildman–Crippen MR) is 123 cm³/mol. The first-order valence-electron chi connectivity index (χ1n) is 12.7. The number of unbranched alkanes of at least 4 members (excludes halogenated alkanes) is 2. The van der Waals surface area contributed by atoms with Gasteiger partial charge < -0.3 is 64.5 Å². The molecular formula is C23H44O13. The van der Waals surface area contributed by atoms with Crippen LogP contribution in [0.5, 0.6) is 0 Å². The summed E-state index contributed by atoms with van der Waals surface area (Å²) < 4.78 is 27.9. The molecule has 12 atom stereocenters. The van der Waals surface area contributed by atoms with E-state index in [1.807, 2.05) is 6.92 Å². The average Bonchev–Trinajstić information content (AvgIpc) is 2.89. The molecule has 8 N–H and O–H groups in total. The molecule has 0 aromatic carbocycles. The Labute approximate surface area is 211 Å². The third-order valence-electron chi connectivity index (χ3n) is 6.59. The summed E-state index contributed by atoms with van der Waals surface area (Å²) in [4.78, 5) is 0. The maximum Gasteiger partial charge on any atom is 0.187 e. The zero-order chi connectivity index (χ0) is 26.8. The smallest absolute Gasteiger partial charge is 0.187 e. The molecule has 2 aliphatic rings. The van der Waals surface area contributed by atoms with E-state index in [4.69, 9.17) is 23.7 Å². The highest BCUT2D eigenvalue weighted by Crippen LogP contribution is 2.30. The second kappa shape index (κ2) is 15.8. The van der Waals surface area contributed by atoms with Crippen molar-refractivity contribution in [2.24, 2.45) is 0 Å². The molecule has 0 aromatic heterocycles. The lowest BCUT2D eigenvalue weighted by atomic mass is 9.97. The van der Waals surface area contributed by atoms with E-state index in [1.54, 1.807) is 0 Å². The highest BCUT2D eigenvalue weighted by molar-refractivity contribution is 4.94. The number of hydrogen-bond donors (Lipinski definition) is 8. The van der Waals surface area contributed by atoms with Crippen LogP contribution in [0.25, 0.3) is 0 Å². The summed E-state index contributed by atoms with van der Waals surface area (Å²) >= 11 is 0. The van der Waals surface area contributed by atoms with Crippen LogP contribution in [0.1, 0.15) is 46.0 Å². The molecule has 0 saturated carbocycles. The van der Waals surface area contributed by atoms with Crippen molar-refractivity contribution >= 4 is 0 Å². The number of aliphatic hydroxyl groups excluding tert-OH is 8. The van der Waals surface area contributed by atoms with Gasteiger partial charge in [-0.2, -0.15) is 0 Å². The van der Waals surface area contributed by atoms with Gasteiger partial charge in [0.1, 0.15) is 54.9 Å². The standard InChI is InChI=1S/C23H44O13/c1-3-5-6-7-12(4-2)32-11-13(8-24)33-22-20(31)18(29)21(15(10-26)35-22)36-23-19(30)17(28)16(27)14(9-25)34-23/h12-31H,3-11H2,1-2H3/t12?,13?,14-,15-,16+,17+,18-,19-,20-,21-,22-,23+/m1/s1. The Morgan fingerprint density at radius 2 is 1.36 bits per heavy atom. The zero-order valence-corrected chi connectivity index (χ0v) is 20.9. The highest BCUT2D eigenvalue weighted by Gasteiger charge is 2.51. The Bertz CT molecular complexity index is 594. The number of hydrogen-bond acceptors (Lipinski definition) is 13. The van der Waals surface area contributed by atoms with Crippen LogP contribution in [-0.2, 0) is 23.7 Å². The summed E-state index contributed by atoms with van der Waals surface area (Å²) in [6.45, 7) is 2.33. The second-order valence-electron chi connectivity index (χ2n) is 9.30. The molecule has 2 unspecified atom stereocenters. The molecule has 2 aliphatic heterocycles. The fourth-order valence-corrected chi connectivity index (χ4v) is 4.26. The van der Waals surface area contributed by atoms with Crippen LogP contribution in [0.4, 0.5) is 0 Å². The van der Waals surface area contributed by atoms with Crippen LogP contribution in [0.2, 0.25) is 0 Å². The first-order valence-corrected chi connectivity index (χ1v) is 12.7. The minimum Gasteiger partial charge on any atom is -0.394 e. The lowest BCUT2D eigenvalue weighted by Crippen LogP contribution is -2.65. The third kappa shape index (κ3) is 8.24. The van der Waals surface area contributed by atoms with Gasteiger partial charge in [-0.1, -0.05) is 33.1 Å². The van der Waals surface area contributed by atoms with Crippen molar-refractivity contribution in [2.75, 3.05) is 26.4 Å². The van der Waals surface area contributed by atoms with E-state index in [0.717, 1.165) is 32.1 Å². The monoisotopic (exact) mass is 528 g/mol. The van der Waals surface area contributed by atoms with E-state index in [2.05, 4.69) is 6.92 Å². The van der Waals surface area contributed by atoms with Crippen molar-refractivity contribution in [1.82, 2.24) is 0 Å². The average molecular weight is 529 g/mol. The van der Waals surface area contributed by atoms with Crippen LogP contribution in [0.3, 0.4) is 0 Å². The van der Waals surface area contributed by atoms with Crippen LogP contribution in [-0.4, -0.2) is 141 Å². The molecule has 0 radical (unpaired) electrons. The molecule has 2 saturated heterocycles. The van der Waals surface area contributed by atoms with Crippen molar-refractivity contribution < 1.29 is 64.5 Å². The normalized spacial score (nSPS) is 39.2. The van der Waals surface area contributed by atoms with Gasteiger partial charge in [-0.05, 0) is 12.8 Å². The maximum absolute atomic E-state index is 10.7. The zero-order valence-electron chi connectivity index (χ0n) is 20.9. The lowest BCUT2D eigenvalue weighted by Gasteiger charge is -2.46. The lowest BCUT2D eigenvalue weighted by molar-refractivity contribution is -0.364. The molecule has 0 amide bonds. The van der Waals surface area contributed by atoms with Gasteiger partial charge in [0, 0.05) is 0 Å². The van der Waals surface area contributed by atoms with E-state index in [9.17, 15) is 40.9 Å². The Morgan fingerprint density at radius 3 is 1.94 bits per heavy atom. The van der Waals surface area contributed by atoms with Crippen LogP contribution >= 0.6 is 0 Å². The molecule has 2 heterocycles. The summed E-state index contributed by atoms with van der Waals surface area (Å²) in [7, 11) is 0. The van der Waals surface area contributed by atoms with E-state index in [-0.39, 0.29) is 12.7 Å². The van der Waals surface area contributed by atoms with Gasteiger partial charge in [-0.15, -0.1) is 0 Å². The Morgan fingerprint density at radius 1 is 0.722 bits per heavy atom. The quantitative estimate of drug-likeness (QED) is 0.102. The molecule has 2 fully saturated rings. The van der Waals surface area contributed by atoms with Crippen molar-refractivity contribution in [3.05, 3.63) is 0 Å². The first kappa shape index (κ1) is 31.7. The third-order valence-corrected chi connectivity index (χ3v) is 6.59. The number of ether oxygens (including phenoxy) is 5. The Balaban J connectivity index is 1.99. The molecule has 36 heavy (non-hydrogen) atoms. The summed E-state index contributed by atoms with van der Waals surface area (Å²) in [6.07, 6.45) is -11.5. The number of rotatable bonds is 15. The van der Waals surface area contributed by atoms with Crippen LogP contribution < -0.4 is 0 Å². The van der Waals surface area contributed by atoms with Crippen molar-refractivity contribution in [2.45, 2.75) is 120 Å². The molecule has 0 aliphatic carbocycles. The fourth-order valence-electron chi connectivity index (χ4n) is 4.26. The molecule has 0 spiro atoms. The van der Waals surface area contributed by atoms with Gasteiger partial charge in [0.25, 0.3) is 0 Å². The molecule has 214 valence electrons. The summed E-state index contributed by atoms with van der Waals surface area (Å²) in [6, 6.07) is 0. The molecule has 0 aromatic rings. The fraction of sp³-hybridized carbons (Fsp3) is 1.00. The summed E-state index contributed by atoms with van der Waals surface area (Å²) in [5.41, 5.74) is 0. The van der Waals surface area contributed by atoms with Crippen molar-refractivity contribution in [3.63, 3.8) is 0 Å². The summed E-state index contributed by atoms with van der Waals surface area (Å²) in [5.74, 6) is 0. The minimum absolute atomic E-state index is 0.0153. The molecule has 2 rings (SSSR count). The largest absolute Gasteiger partial charge is 0.394 e. The van der Waals surface area contributed by atoms with E-state index >= 15 is 0 Å². The molecular weight excluding hydrogens is 484 g/mol. The Hall–Kier alpha value is -0.520. The minimum atomic E-state index is -1.75. The molecule has 13 nitrogen and oxygen atoms in total. The maximum atomic E-state index is 10.7. The topological polar surface area (TPSA) is 208 Å². The summed E-state index contributed by atoms with van der Waals surface area (Å²) in [5, 5.41) is 80.2. The Kier molecular flexibility index (Phi) is 13.9. The van der Waals surface area contributed by atoms with E-state index < -0.39 is 87.3 Å². The number of aliphatic hydroxyl groups is 8. The van der Waals surface area contributed by atoms with Gasteiger partial charge in [-0.3, -0.25) is 0 Å². The van der Waals surface area contributed by atoms with Gasteiger partial charge in [0.05, 0.1) is 32.5 Å². The second-order valence-corrected chi connectivity index (χ2v) is 9.30. The van der Waals surface area contributed by atoms with Crippen molar-refractivity contribution in [3.8, 4) is 0 Å². The van der Waals surface area contributed by atoms with Gasteiger partial charge in [-0.25, -0.2) is 0 Å². The van der Waals surface area contributed by atoms with E-state index in [0.29, 0.717) is 0 Å². The molecule has 0 bridgehead atoms. The van der Waals surface area contributed by atoms with Gasteiger partial charge in [0.2, 0.25) is 0 Å². The van der Waals surface area contributed by atoms with Crippen molar-refractivity contribution in [1.29, 1.82) is 0 Å². The van der Waals surface area contributed by atoms with E-state index in [1.165, 1.54) is 0 Å². The van der Waals surface area contributed by atoms with Crippen LogP contribution in [0.15, 0.2) is 0 Å². The van der Waals surface area contributed by atoms with Crippen LogP contribution in [0, 0.1) is 0 Å². The highest BCUT2D eigenvalue weighted by atomic mass is 16.7. The van der Waals surface area contributed by atoms with Gasteiger partial charge in [0.15, 0.2) is 12.6 Å².